The largest absolute Gasteiger partial charge is 0.325 e. The summed E-state index contributed by atoms with van der Waals surface area (Å²) in [5.74, 6) is -1.16. The van der Waals surface area contributed by atoms with Crippen LogP contribution in [0.15, 0.2) is 64.0 Å². The molecule has 8 heteroatoms. The monoisotopic (exact) mass is 450 g/mol. The first-order valence-corrected chi connectivity index (χ1v) is 9.63. The number of hydrogen-bond donors (Lipinski definition) is 1. The summed E-state index contributed by atoms with van der Waals surface area (Å²) < 4.78 is 0.909. The molecule has 0 saturated heterocycles. The molecule has 0 unspecified atom stereocenters. The fourth-order valence-corrected chi connectivity index (χ4v) is 3.49. The summed E-state index contributed by atoms with van der Waals surface area (Å²) in [6.07, 6.45) is 1.24. The van der Waals surface area contributed by atoms with Crippen molar-refractivity contribution in [1.29, 1.82) is 0 Å². The van der Waals surface area contributed by atoms with Gasteiger partial charge >= 0.3 is 0 Å². The van der Waals surface area contributed by atoms with Crippen LogP contribution in [0.2, 0.25) is 5.02 Å². The molecular weight excluding hydrogens is 440 g/mol. The minimum absolute atomic E-state index is 0.0182. The molecule has 2 aromatic carbocycles. The molecule has 0 fully saturated rings. The van der Waals surface area contributed by atoms with E-state index in [-0.39, 0.29) is 16.6 Å². The van der Waals surface area contributed by atoms with E-state index in [1.807, 2.05) is 12.1 Å². The van der Waals surface area contributed by atoms with E-state index in [1.165, 1.54) is 6.08 Å². The molecule has 3 amide bonds. The van der Waals surface area contributed by atoms with Gasteiger partial charge in [-0.2, -0.15) is 0 Å². The molecule has 1 N–H and O–H groups in total. The molecule has 0 bridgehead atoms. The summed E-state index contributed by atoms with van der Waals surface area (Å²) in [4.78, 5) is 37.9. The molecule has 0 saturated carbocycles. The van der Waals surface area contributed by atoms with Crippen molar-refractivity contribution in [3.8, 4) is 0 Å². The van der Waals surface area contributed by atoms with Gasteiger partial charge in [0.2, 0.25) is 5.91 Å². The van der Waals surface area contributed by atoms with Gasteiger partial charge in [-0.3, -0.25) is 14.4 Å². The van der Waals surface area contributed by atoms with Crippen LogP contribution >= 0.6 is 39.3 Å². The Morgan fingerprint density at radius 3 is 2.58 bits per heavy atom. The molecule has 132 valence electrons. The zero-order valence-electron chi connectivity index (χ0n) is 13.2. The molecule has 0 aromatic heterocycles. The fraction of sp³-hybridized carbons (Fsp3) is 0.0556. The van der Waals surface area contributed by atoms with Crippen LogP contribution in [0.1, 0.15) is 0 Å². The highest BCUT2D eigenvalue weighted by Gasteiger charge is 2.33. The summed E-state index contributed by atoms with van der Waals surface area (Å²) in [5, 5.41) is 3.16. The molecule has 1 heterocycles. The zero-order chi connectivity index (χ0) is 18.7. The molecule has 1 aliphatic rings. The Morgan fingerprint density at radius 1 is 1.15 bits per heavy atom. The van der Waals surface area contributed by atoms with Crippen molar-refractivity contribution in [2.24, 2.45) is 0 Å². The third-order valence-corrected chi connectivity index (χ3v) is 5.22. The predicted molar refractivity (Wildman–Crippen MR) is 107 cm³/mol. The molecule has 0 aliphatic carbocycles. The van der Waals surface area contributed by atoms with Gasteiger partial charge in [0, 0.05) is 21.3 Å². The van der Waals surface area contributed by atoms with Crippen molar-refractivity contribution in [3.05, 3.63) is 69.0 Å². The van der Waals surface area contributed by atoms with Crippen molar-refractivity contribution in [2.45, 2.75) is 0 Å². The molecule has 0 atom stereocenters. The number of benzene rings is 2. The van der Waals surface area contributed by atoms with Gasteiger partial charge in [-0.1, -0.05) is 33.6 Å². The number of carbonyl (C=O) groups excluding carboxylic acids is 3. The summed E-state index contributed by atoms with van der Waals surface area (Å²) in [6.45, 7) is 0. The maximum Gasteiger partial charge on any atom is 0.271 e. The average Bonchev–Trinajstić information content (AvgIpc) is 2.89. The first-order chi connectivity index (χ1) is 12.4. The van der Waals surface area contributed by atoms with Gasteiger partial charge in [-0.05, 0) is 42.5 Å². The van der Waals surface area contributed by atoms with Crippen LogP contribution in [0, 0.1) is 0 Å². The summed E-state index contributed by atoms with van der Waals surface area (Å²) in [6, 6.07) is 13.6. The maximum absolute atomic E-state index is 12.5. The number of anilines is 2. The van der Waals surface area contributed by atoms with Gasteiger partial charge < -0.3 is 5.32 Å². The second kappa shape index (κ2) is 8.07. The predicted octanol–water partition coefficient (Wildman–Crippen LogP) is 4.23. The van der Waals surface area contributed by atoms with Crippen molar-refractivity contribution in [1.82, 2.24) is 0 Å². The van der Waals surface area contributed by atoms with E-state index >= 15 is 0 Å². The number of amides is 3. The van der Waals surface area contributed by atoms with E-state index in [2.05, 4.69) is 21.2 Å². The third-order valence-electron chi connectivity index (χ3n) is 3.44. The van der Waals surface area contributed by atoms with Crippen LogP contribution in [0.25, 0.3) is 0 Å². The highest BCUT2D eigenvalue weighted by atomic mass is 79.9. The van der Waals surface area contributed by atoms with E-state index in [1.54, 1.807) is 36.4 Å². The average molecular weight is 452 g/mol. The molecule has 26 heavy (non-hydrogen) atoms. The molecule has 0 radical (unpaired) electrons. The number of imide groups is 1. The third kappa shape index (κ3) is 4.35. The number of nitrogens with one attached hydrogen (secondary N) is 1. The smallest absolute Gasteiger partial charge is 0.271 e. The van der Waals surface area contributed by atoms with E-state index in [9.17, 15) is 14.4 Å². The van der Waals surface area contributed by atoms with E-state index in [0.29, 0.717) is 16.4 Å². The van der Waals surface area contributed by atoms with E-state index in [4.69, 9.17) is 11.6 Å². The Kier molecular flexibility index (Phi) is 5.80. The zero-order valence-corrected chi connectivity index (χ0v) is 16.4. The molecule has 5 nitrogen and oxygen atoms in total. The summed E-state index contributed by atoms with van der Waals surface area (Å²) >= 11 is 10.3. The highest BCUT2D eigenvalue weighted by Crippen LogP contribution is 2.30. The van der Waals surface area contributed by atoms with Gasteiger partial charge in [-0.25, -0.2) is 4.90 Å². The van der Waals surface area contributed by atoms with Gasteiger partial charge in [-0.15, -0.1) is 11.8 Å². The summed E-state index contributed by atoms with van der Waals surface area (Å²) in [7, 11) is 0. The number of nitrogens with zero attached hydrogens (tertiary/aromatic N) is 1. The molecular formula is C18H12BrClN2O3S. The molecule has 1 aliphatic heterocycles. The number of thioether (sulfide) groups is 1. The number of carbonyl (C=O) groups is 3. The second-order valence-electron chi connectivity index (χ2n) is 5.31. The lowest BCUT2D eigenvalue weighted by Crippen LogP contribution is -2.30. The molecule has 0 spiro atoms. The fourth-order valence-electron chi connectivity index (χ4n) is 2.29. The standard InChI is InChI=1S/C18H12BrClN2O3S/c19-11-4-6-13(7-5-11)21-16(23)10-26-15-9-17(24)22(18(15)25)14-3-1-2-12(20)8-14/h1-9H,10H2,(H,21,23). The molecule has 3 rings (SSSR count). The SMILES string of the molecule is O=C(CSC1=CC(=O)N(c2cccc(Cl)c2)C1=O)Nc1ccc(Br)cc1. The lowest BCUT2D eigenvalue weighted by molar-refractivity contribution is -0.120. The van der Waals surface area contributed by atoms with Crippen molar-refractivity contribution in [3.63, 3.8) is 0 Å². The van der Waals surface area contributed by atoms with Crippen molar-refractivity contribution < 1.29 is 14.4 Å². The van der Waals surface area contributed by atoms with Gasteiger partial charge in [0.25, 0.3) is 11.8 Å². The van der Waals surface area contributed by atoms with E-state index < -0.39 is 11.8 Å². The van der Waals surface area contributed by atoms with Crippen LogP contribution in [0.3, 0.4) is 0 Å². The first-order valence-electron chi connectivity index (χ1n) is 7.48. The van der Waals surface area contributed by atoms with Gasteiger partial charge in [0.1, 0.15) is 0 Å². The van der Waals surface area contributed by atoms with Gasteiger partial charge in [0.15, 0.2) is 0 Å². The van der Waals surface area contributed by atoms with Crippen LogP contribution in [-0.2, 0) is 14.4 Å². The minimum Gasteiger partial charge on any atom is -0.325 e. The lowest BCUT2D eigenvalue weighted by Gasteiger charge is -2.14. The Labute approximate surface area is 167 Å². The van der Waals surface area contributed by atoms with Crippen LogP contribution in [0.5, 0.6) is 0 Å². The Hall–Kier alpha value is -2.09. The van der Waals surface area contributed by atoms with Crippen molar-refractivity contribution in [2.75, 3.05) is 16.0 Å². The van der Waals surface area contributed by atoms with Crippen LogP contribution in [0.4, 0.5) is 11.4 Å². The molecule has 2 aromatic rings. The normalized spacial score (nSPS) is 13.8. The van der Waals surface area contributed by atoms with Crippen LogP contribution in [-0.4, -0.2) is 23.5 Å². The first kappa shape index (κ1) is 18.7. The Morgan fingerprint density at radius 2 is 1.88 bits per heavy atom. The topological polar surface area (TPSA) is 66.5 Å². The quantitative estimate of drug-likeness (QED) is 0.691. The Bertz CT molecular complexity index is 915. The second-order valence-corrected chi connectivity index (χ2v) is 7.68. The maximum atomic E-state index is 12.5. The summed E-state index contributed by atoms with van der Waals surface area (Å²) in [5.41, 5.74) is 1.06. The van der Waals surface area contributed by atoms with Crippen molar-refractivity contribution >= 4 is 68.4 Å². The van der Waals surface area contributed by atoms with E-state index in [0.717, 1.165) is 21.1 Å². The number of hydrogen-bond acceptors (Lipinski definition) is 4. The lowest BCUT2D eigenvalue weighted by atomic mass is 10.3. The van der Waals surface area contributed by atoms with Gasteiger partial charge in [0.05, 0.1) is 16.3 Å². The highest BCUT2D eigenvalue weighted by molar-refractivity contribution is 9.10. The minimum atomic E-state index is -0.460. The van der Waals surface area contributed by atoms with Crippen LogP contribution < -0.4 is 10.2 Å². The Balaban J connectivity index is 1.61. The number of rotatable bonds is 5. The number of halogens is 2.